The second-order valence-electron chi connectivity index (χ2n) is 3.94. The zero-order chi connectivity index (χ0) is 15.6. The Morgan fingerprint density at radius 2 is 2.05 bits per heavy atom. The van der Waals surface area contributed by atoms with Crippen molar-refractivity contribution < 1.29 is 23.2 Å². The van der Waals surface area contributed by atoms with Gasteiger partial charge in [0.2, 0.25) is 0 Å². The summed E-state index contributed by atoms with van der Waals surface area (Å²) in [6.07, 6.45) is 2.61. The summed E-state index contributed by atoms with van der Waals surface area (Å²) < 4.78 is 26.1. The van der Waals surface area contributed by atoms with E-state index < -0.39 is 32.2 Å². The van der Waals surface area contributed by atoms with Crippen molar-refractivity contribution in [3.05, 3.63) is 52.3 Å². The summed E-state index contributed by atoms with van der Waals surface area (Å²) in [5.41, 5.74) is -1.21. The quantitative estimate of drug-likeness (QED) is 0.563. The Bertz CT molecular complexity index is 797. The predicted molar refractivity (Wildman–Crippen MR) is 71.7 cm³/mol. The standard InChI is InChI=1S/C11H9N3O6S/c15-11(16)9-5-7(14(17)18)1-2-10(9)13-21(19,20)8-3-4-12-6-8/h1-6,12-13H,(H,15,16). The molecule has 0 fully saturated rings. The maximum Gasteiger partial charge on any atom is 0.338 e. The minimum Gasteiger partial charge on any atom is -0.478 e. The molecule has 0 unspecified atom stereocenters. The Morgan fingerprint density at radius 1 is 1.33 bits per heavy atom. The Balaban J connectivity index is 2.45. The number of carbonyl (C=O) groups is 1. The third kappa shape index (κ3) is 3.00. The van der Waals surface area contributed by atoms with Crippen molar-refractivity contribution in [3.63, 3.8) is 0 Å². The number of aromatic amines is 1. The Labute approximate surface area is 118 Å². The first-order chi connectivity index (χ1) is 9.81. The number of nitro benzene ring substituents is 1. The second-order valence-corrected chi connectivity index (χ2v) is 5.63. The highest BCUT2D eigenvalue weighted by molar-refractivity contribution is 7.92. The number of carboxylic acid groups (broad SMARTS) is 1. The fourth-order valence-corrected chi connectivity index (χ4v) is 2.65. The third-order valence-electron chi connectivity index (χ3n) is 2.57. The molecule has 2 rings (SSSR count). The molecular weight excluding hydrogens is 302 g/mol. The van der Waals surface area contributed by atoms with Crippen LogP contribution in [0, 0.1) is 10.1 Å². The summed E-state index contributed by atoms with van der Waals surface area (Å²) in [4.78, 5) is 23.4. The molecule has 110 valence electrons. The predicted octanol–water partition coefficient (Wildman–Crippen LogP) is 1.42. The number of non-ortho nitro benzene ring substituents is 1. The first-order valence-electron chi connectivity index (χ1n) is 5.48. The highest BCUT2D eigenvalue weighted by Crippen LogP contribution is 2.24. The van der Waals surface area contributed by atoms with Gasteiger partial charge in [0.25, 0.3) is 15.7 Å². The normalized spacial score (nSPS) is 11.0. The molecule has 0 saturated carbocycles. The van der Waals surface area contributed by atoms with Crippen LogP contribution in [0.25, 0.3) is 0 Å². The van der Waals surface area contributed by atoms with Gasteiger partial charge in [-0.25, -0.2) is 13.2 Å². The zero-order valence-electron chi connectivity index (χ0n) is 10.3. The number of rotatable bonds is 5. The van der Waals surface area contributed by atoms with Crippen LogP contribution in [-0.4, -0.2) is 29.4 Å². The number of benzene rings is 1. The molecule has 0 bridgehead atoms. The molecule has 10 heteroatoms. The fraction of sp³-hybridized carbons (Fsp3) is 0. The second kappa shape index (κ2) is 5.25. The topological polar surface area (TPSA) is 142 Å². The van der Waals surface area contributed by atoms with Gasteiger partial charge in [0.15, 0.2) is 0 Å². The van der Waals surface area contributed by atoms with Crippen molar-refractivity contribution in [2.24, 2.45) is 0 Å². The molecule has 1 aromatic carbocycles. The molecule has 0 spiro atoms. The van der Waals surface area contributed by atoms with E-state index in [1.807, 2.05) is 0 Å². The molecule has 0 aliphatic heterocycles. The highest BCUT2D eigenvalue weighted by atomic mass is 32.2. The largest absolute Gasteiger partial charge is 0.478 e. The lowest BCUT2D eigenvalue weighted by Crippen LogP contribution is -2.15. The van der Waals surface area contributed by atoms with Crippen molar-refractivity contribution in [2.45, 2.75) is 4.90 Å². The lowest BCUT2D eigenvalue weighted by atomic mass is 10.1. The van der Waals surface area contributed by atoms with Crippen molar-refractivity contribution in [1.29, 1.82) is 0 Å². The van der Waals surface area contributed by atoms with Gasteiger partial charge < -0.3 is 10.1 Å². The Morgan fingerprint density at radius 3 is 2.57 bits per heavy atom. The molecule has 21 heavy (non-hydrogen) atoms. The smallest absolute Gasteiger partial charge is 0.338 e. The van der Waals surface area contributed by atoms with Gasteiger partial charge in [-0.2, -0.15) is 0 Å². The molecule has 0 amide bonds. The van der Waals surface area contributed by atoms with Gasteiger partial charge in [-0.05, 0) is 12.1 Å². The lowest BCUT2D eigenvalue weighted by Gasteiger charge is -2.09. The van der Waals surface area contributed by atoms with Gasteiger partial charge in [0.1, 0.15) is 4.90 Å². The van der Waals surface area contributed by atoms with Gasteiger partial charge in [0, 0.05) is 24.5 Å². The molecule has 9 nitrogen and oxygen atoms in total. The Hall–Kier alpha value is -2.88. The molecule has 0 atom stereocenters. The van der Waals surface area contributed by atoms with Crippen LogP contribution in [0.2, 0.25) is 0 Å². The summed E-state index contributed by atoms with van der Waals surface area (Å²) in [6.45, 7) is 0. The summed E-state index contributed by atoms with van der Waals surface area (Å²) in [5.74, 6) is -1.48. The maximum absolute atomic E-state index is 12.0. The van der Waals surface area contributed by atoms with Gasteiger partial charge in [-0.1, -0.05) is 0 Å². The number of sulfonamides is 1. The van der Waals surface area contributed by atoms with Crippen molar-refractivity contribution in [2.75, 3.05) is 4.72 Å². The highest BCUT2D eigenvalue weighted by Gasteiger charge is 2.21. The first-order valence-corrected chi connectivity index (χ1v) is 6.97. The number of carboxylic acids is 1. The van der Waals surface area contributed by atoms with Crippen LogP contribution in [0.3, 0.4) is 0 Å². The van der Waals surface area contributed by atoms with Crippen molar-refractivity contribution in [3.8, 4) is 0 Å². The molecule has 2 aromatic rings. The van der Waals surface area contributed by atoms with Gasteiger partial charge >= 0.3 is 5.97 Å². The summed E-state index contributed by atoms with van der Waals surface area (Å²) >= 11 is 0. The van der Waals surface area contributed by atoms with Crippen molar-refractivity contribution in [1.82, 2.24) is 4.98 Å². The van der Waals surface area contributed by atoms with E-state index in [0.29, 0.717) is 0 Å². The molecule has 1 aromatic heterocycles. The molecule has 3 N–H and O–H groups in total. The van der Waals surface area contributed by atoms with Crippen molar-refractivity contribution >= 4 is 27.4 Å². The number of hydrogen-bond acceptors (Lipinski definition) is 5. The molecule has 1 heterocycles. The number of anilines is 1. The summed E-state index contributed by atoms with van der Waals surface area (Å²) in [5, 5.41) is 19.7. The van der Waals surface area contributed by atoms with Gasteiger partial charge in [0.05, 0.1) is 16.2 Å². The minimum atomic E-state index is -3.97. The number of H-pyrrole nitrogens is 1. The van der Waals surface area contributed by atoms with Gasteiger partial charge in [-0.15, -0.1) is 0 Å². The van der Waals surface area contributed by atoms with Crippen LogP contribution in [0.15, 0.2) is 41.6 Å². The number of nitrogens with zero attached hydrogens (tertiary/aromatic N) is 1. The van der Waals surface area contributed by atoms with E-state index in [1.54, 1.807) is 0 Å². The average Bonchev–Trinajstić information content (AvgIpc) is 2.92. The summed E-state index contributed by atoms with van der Waals surface area (Å²) in [6, 6.07) is 4.12. The average molecular weight is 311 g/mol. The monoisotopic (exact) mass is 311 g/mol. The molecule has 0 aliphatic carbocycles. The van der Waals surface area contributed by atoms with E-state index in [-0.39, 0.29) is 10.6 Å². The van der Waals surface area contributed by atoms with Gasteiger partial charge in [-0.3, -0.25) is 14.8 Å². The third-order valence-corrected chi connectivity index (χ3v) is 3.93. The van der Waals surface area contributed by atoms with E-state index in [1.165, 1.54) is 18.5 Å². The SMILES string of the molecule is O=C(O)c1cc([N+](=O)[O-])ccc1NS(=O)(=O)c1cc[nH]c1. The number of nitrogens with one attached hydrogen (secondary N) is 2. The van der Waals surface area contributed by atoms with Crippen LogP contribution in [0.1, 0.15) is 10.4 Å². The maximum atomic E-state index is 12.0. The summed E-state index contributed by atoms with van der Waals surface area (Å²) in [7, 11) is -3.97. The fourth-order valence-electron chi connectivity index (χ4n) is 1.59. The Kier molecular flexibility index (Phi) is 3.63. The molecule has 0 saturated heterocycles. The van der Waals surface area contributed by atoms with E-state index in [9.17, 15) is 23.3 Å². The number of hydrogen-bond donors (Lipinski definition) is 3. The lowest BCUT2D eigenvalue weighted by molar-refractivity contribution is -0.384. The van der Waals surface area contributed by atoms with E-state index in [0.717, 1.165) is 18.2 Å². The van der Waals surface area contributed by atoms with E-state index >= 15 is 0 Å². The number of aromatic nitrogens is 1. The van der Waals surface area contributed by atoms with Crippen LogP contribution in [0.4, 0.5) is 11.4 Å². The van der Waals surface area contributed by atoms with E-state index in [2.05, 4.69) is 9.71 Å². The molecular formula is C11H9N3O6S. The minimum absolute atomic E-state index is 0.0859. The molecule has 0 aliphatic rings. The van der Waals surface area contributed by atoms with Crippen LogP contribution in [0.5, 0.6) is 0 Å². The first kappa shape index (κ1) is 14.5. The van der Waals surface area contributed by atoms with E-state index in [4.69, 9.17) is 5.11 Å². The van der Waals surface area contributed by atoms with Crippen LogP contribution >= 0.6 is 0 Å². The zero-order valence-corrected chi connectivity index (χ0v) is 11.1. The van der Waals surface area contributed by atoms with Crippen LogP contribution in [-0.2, 0) is 10.0 Å². The molecule has 0 radical (unpaired) electrons. The van der Waals surface area contributed by atoms with Crippen LogP contribution < -0.4 is 4.72 Å². The number of nitro groups is 1. The number of aromatic carboxylic acids is 1.